The van der Waals surface area contributed by atoms with Crippen LogP contribution in [0, 0.1) is 5.82 Å². The minimum Gasteiger partial charge on any atom is -0.414 e. The highest BCUT2D eigenvalue weighted by Gasteiger charge is 2.31. The maximum absolute atomic E-state index is 13.5. The van der Waals surface area contributed by atoms with Gasteiger partial charge in [0.05, 0.1) is 12.2 Å². The maximum Gasteiger partial charge on any atom is 0.184 e. The molecule has 6 heteroatoms. The molecular weight excluding hydrogens is 409 g/mol. The van der Waals surface area contributed by atoms with E-state index >= 15 is 0 Å². The summed E-state index contributed by atoms with van der Waals surface area (Å²) in [4.78, 5) is 0. The highest BCUT2D eigenvalue weighted by atomic mass is 28.4. The maximum atomic E-state index is 13.5. The van der Waals surface area contributed by atoms with Gasteiger partial charge in [-0.3, -0.25) is 0 Å². The van der Waals surface area contributed by atoms with Gasteiger partial charge in [-0.1, -0.05) is 36.4 Å². The molecule has 0 saturated carbocycles. The van der Waals surface area contributed by atoms with Gasteiger partial charge in [-0.25, -0.2) is 4.39 Å². The van der Waals surface area contributed by atoms with Gasteiger partial charge >= 0.3 is 0 Å². The van der Waals surface area contributed by atoms with Crippen LogP contribution in [0.3, 0.4) is 0 Å². The molecule has 3 atom stereocenters. The van der Waals surface area contributed by atoms with Crippen molar-refractivity contribution in [3.05, 3.63) is 66.1 Å². The van der Waals surface area contributed by atoms with E-state index < -0.39 is 14.6 Å². The van der Waals surface area contributed by atoms with Crippen LogP contribution in [0.5, 0.6) is 0 Å². The van der Waals surface area contributed by atoms with E-state index in [1.165, 1.54) is 12.1 Å². The molecule has 3 aromatic rings. The summed E-state index contributed by atoms with van der Waals surface area (Å²) in [6.45, 7) is 6.47. The molecule has 1 unspecified atom stereocenters. The Morgan fingerprint density at radius 3 is 2.52 bits per heavy atom. The molecule has 0 bridgehead atoms. The lowest BCUT2D eigenvalue weighted by Crippen LogP contribution is -2.41. The monoisotopic (exact) mass is 439 g/mol. The second-order valence-electron chi connectivity index (χ2n) is 9.16. The van der Waals surface area contributed by atoms with E-state index in [-0.39, 0.29) is 18.0 Å². The highest BCUT2D eigenvalue weighted by Crippen LogP contribution is 2.36. The fourth-order valence-electron chi connectivity index (χ4n) is 4.34. The number of para-hydroxylation sites is 1. The molecule has 1 aromatic heterocycles. The van der Waals surface area contributed by atoms with Crippen molar-refractivity contribution >= 4 is 25.3 Å². The molecule has 1 aliphatic rings. The van der Waals surface area contributed by atoms with E-state index in [0.29, 0.717) is 12.8 Å². The molecule has 2 heterocycles. The molecule has 0 spiro atoms. The number of halogens is 1. The number of aliphatic hydroxyl groups is 1. The molecular formula is C25H30FNO3Si. The number of fused-ring (bicyclic) bond motifs is 1. The fourth-order valence-corrected chi connectivity index (χ4v) is 5.53. The van der Waals surface area contributed by atoms with Crippen molar-refractivity contribution in [1.29, 1.82) is 0 Å². The summed E-state index contributed by atoms with van der Waals surface area (Å²) in [5.74, 6) is -0.251. The first-order valence-corrected chi connectivity index (χ1v) is 14.1. The van der Waals surface area contributed by atoms with Gasteiger partial charge in [0.1, 0.15) is 5.82 Å². The van der Waals surface area contributed by atoms with Crippen molar-refractivity contribution in [1.82, 2.24) is 4.57 Å². The number of hydrogen-bond acceptors (Lipinski definition) is 3. The standard InChI is InChI=1S/C25H30FNO3Si/c1-27-22-8-6-5-7-21(22)25(17-9-11-18(26)12-10-17)23(27)14-13-19-15-20(16-24(28)29-19)30-31(2,3)4/h5-14,19-20,24,28H,15-16H2,1-4H3/t19-,20-,24?/m1/s1. The summed E-state index contributed by atoms with van der Waals surface area (Å²) in [6, 6.07) is 14.8. The van der Waals surface area contributed by atoms with Gasteiger partial charge < -0.3 is 18.8 Å². The van der Waals surface area contributed by atoms with Crippen LogP contribution >= 0.6 is 0 Å². The first kappa shape index (κ1) is 22.0. The van der Waals surface area contributed by atoms with Gasteiger partial charge in [0.25, 0.3) is 0 Å². The van der Waals surface area contributed by atoms with Gasteiger partial charge in [0.2, 0.25) is 0 Å². The van der Waals surface area contributed by atoms with Crippen LogP contribution in [-0.2, 0) is 16.2 Å². The normalized spacial score (nSPS) is 22.5. The van der Waals surface area contributed by atoms with Crippen LogP contribution in [0.4, 0.5) is 4.39 Å². The Morgan fingerprint density at radius 2 is 1.81 bits per heavy atom. The minimum absolute atomic E-state index is 0.00544. The molecule has 1 fully saturated rings. The Bertz CT molecular complexity index is 1080. The average molecular weight is 440 g/mol. The number of rotatable bonds is 5. The van der Waals surface area contributed by atoms with Crippen molar-refractivity contribution < 1.29 is 18.7 Å². The van der Waals surface area contributed by atoms with Crippen molar-refractivity contribution in [2.24, 2.45) is 7.05 Å². The lowest BCUT2D eigenvalue weighted by Gasteiger charge is -2.35. The minimum atomic E-state index is -1.71. The summed E-state index contributed by atoms with van der Waals surface area (Å²) in [5.41, 5.74) is 4.13. The molecule has 4 nitrogen and oxygen atoms in total. The van der Waals surface area contributed by atoms with Gasteiger partial charge in [0, 0.05) is 42.0 Å². The van der Waals surface area contributed by atoms with E-state index in [1.807, 2.05) is 43.5 Å². The lowest BCUT2D eigenvalue weighted by molar-refractivity contribution is -0.172. The molecule has 0 aliphatic carbocycles. The first-order chi connectivity index (χ1) is 14.7. The average Bonchev–Trinajstić information content (AvgIpc) is 2.97. The Morgan fingerprint density at radius 1 is 1.10 bits per heavy atom. The summed E-state index contributed by atoms with van der Waals surface area (Å²) < 4.78 is 27.7. The van der Waals surface area contributed by atoms with E-state index in [2.05, 4.69) is 36.3 Å². The molecule has 0 radical (unpaired) electrons. The predicted molar refractivity (Wildman–Crippen MR) is 126 cm³/mol. The van der Waals surface area contributed by atoms with E-state index in [0.717, 1.165) is 27.7 Å². The van der Waals surface area contributed by atoms with Gasteiger partial charge in [-0.2, -0.15) is 0 Å². The predicted octanol–water partition coefficient (Wildman–Crippen LogP) is 5.72. The van der Waals surface area contributed by atoms with E-state index in [9.17, 15) is 9.50 Å². The first-order valence-electron chi connectivity index (χ1n) is 10.7. The Hall–Kier alpha value is -2.25. The highest BCUT2D eigenvalue weighted by molar-refractivity contribution is 6.69. The SMILES string of the molecule is Cn1c(C=C[C@@H]2C[C@@H](O[Si](C)(C)C)CC(O)O2)c(-c2ccc(F)cc2)c2ccccc21. The van der Waals surface area contributed by atoms with Gasteiger partial charge in [-0.05, 0) is 49.5 Å². The second kappa shape index (κ2) is 8.71. The molecule has 4 rings (SSSR count). The molecule has 1 saturated heterocycles. The van der Waals surface area contributed by atoms with Crippen LogP contribution in [-0.4, -0.2) is 36.5 Å². The number of nitrogens with zero attached hydrogens (tertiary/aromatic N) is 1. The third-order valence-corrected chi connectivity index (χ3v) is 6.61. The second-order valence-corrected chi connectivity index (χ2v) is 13.6. The summed E-state index contributed by atoms with van der Waals surface area (Å²) in [5, 5.41) is 11.3. The Labute approximate surface area is 184 Å². The topological polar surface area (TPSA) is 43.6 Å². The number of hydrogen-bond donors (Lipinski definition) is 1. The van der Waals surface area contributed by atoms with E-state index in [4.69, 9.17) is 9.16 Å². The number of aryl methyl sites for hydroxylation is 1. The third kappa shape index (κ3) is 4.98. The molecule has 0 amide bonds. The molecule has 1 aliphatic heterocycles. The Kier molecular flexibility index (Phi) is 6.17. The molecule has 1 N–H and O–H groups in total. The van der Waals surface area contributed by atoms with Crippen LogP contribution < -0.4 is 0 Å². The summed E-state index contributed by atoms with van der Waals surface area (Å²) in [6.07, 6.45) is 4.21. The zero-order valence-electron chi connectivity index (χ0n) is 18.5. The number of ether oxygens (including phenoxy) is 1. The number of benzene rings is 2. The summed E-state index contributed by atoms with van der Waals surface area (Å²) in [7, 11) is 0.325. The molecule has 2 aromatic carbocycles. The largest absolute Gasteiger partial charge is 0.414 e. The summed E-state index contributed by atoms with van der Waals surface area (Å²) >= 11 is 0. The third-order valence-electron chi connectivity index (χ3n) is 5.57. The number of aromatic nitrogens is 1. The van der Waals surface area contributed by atoms with Crippen molar-refractivity contribution in [3.8, 4) is 11.1 Å². The van der Waals surface area contributed by atoms with Crippen LogP contribution in [0.1, 0.15) is 18.5 Å². The quantitative estimate of drug-likeness (QED) is 0.518. The van der Waals surface area contributed by atoms with Gasteiger partial charge in [0.15, 0.2) is 14.6 Å². The van der Waals surface area contributed by atoms with Crippen LogP contribution in [0.2, 0.25) is 19.6 Å². The van der Waals surface area contributed by atoms with Crippen molar-refractivity contribution in [2.45, 2.75) is 51.0 Å². The molecule has 164 valence electrons. The fraction of sp³-hybridized carbons (Fsp3) is 0.360. The van der Waals surface area contributed by atoms with Crippen molar-refractivity contribution in [2.75, 3.05) is 0 Å². The molecule has 31 heavy (non-hydrogen) atoms. The van der Waals surface area contributed by atoms with E-state index in [1.54, 1.807) is 0 Å². The van der Waals surface area contributed by atoms with Crippen LogP contribution in [0.15, 0.2) is 54.6 Å². The van der Waals surface area contributed by atoms with Gasteiger partial charge in [-0.15, -0.1) is 0 Å². The van der Waals surface area contributed by atoms with Crippen molar-refractivity contribution in [3.63, 3.8) is 0 Å². The lowest BCUT2D eigenvalue weighted by atomic mass is 10.0. The Balaban J connectivity index is 1.69. The van der Waals surface area contributed by atoms with Crippen LogP contribution in [0.25, 0.3) is 28.1 Å². The zero-order valence-corrected chi connectivity index (χ0v) is 19.5. The zero-order chi connectivity index (χ0) is 22.2. The number of aliphatic hydroxyl groups excluding tert-OH is 1. The smallest absolute Gasteiger partial charge is 0.184 e.